The molecule has 0 spiro atoms. The Labute approximate surface area is 272 Å². The fraction of sp³-hybridized carbons (Fsp3) is 0. The maximum absolute atomic E-state index is 4.51. The Kier molecular flexibility index (Phi) is 10.0. The molecule has 0 nitrogen and oxygen atoms in total. The van der Waals surface area contributed by atoms with Gasteiger partial charge in [0.15, 0.2) is 0 Å². The van der Waals surface area contributed by atoms with Crippen LogP contribution in [0.2, 0.25) is 0 Å². The summed E-state index contributed by atoms with van der Waals surface area (Å²) in [7, 11) is 0. The molecular formula is C46H38. The Morgan fingerprint density at radius 1 is 0.391 bits per heavy atom. The zero-order valence-electron chi connectivity index (χ0n) is 26.3. The lowest BCUT2D eigenvalue weighted by Gasteiger charge is -2.11. The van der Waals surface area contributed by atoms with Crippen molar-refractivity contribution in [3.05, 3.63) is 203 Å². The molecule has 0 radical (unpaired) electrons. The van der Waals surface area contributed by atoms with Crippen LogP contribution in [-0.4, -0.2) is 0 Å². The molecule has 0 atom stereocenters. The summed E-state index contributed by atoms with van der Waals surface area (Å²) in [5.41, 5.74) is 8.09. The van der Waals surface area contributed by atoms with Crippen LogP contribution in [0.5, 0.6) is 0 Å². The van der Waals surface area contributed by atoms with E-state index >= 15 is 0 Å². The molecule has 5 rings (SSSR count). The minimum Gasteiger partial charge on any atom is -0.0918 e. The van der Waals surface area contributed by atoms with E-state index in [1.807, 2.05) is 84.9 Å². The first-order valence-electron chi connectivity index (χ1n) is 15.2. The summed E-state index contributed by atoms with van der Waals surface area (Å²) in [6.07, 6.45) is 4.03. The Morgan fingerprint density at radius 2 is 0.848 bits per heavy atom. The molecule has 0 aliphatic carbocycles. The van der Waals surface area contributed by atoms with Gasteiger partial charge in [0, 0.05) is 0 Å². The summed E-state index contributed by atoms with van der Waals surface area (Å²) in [4.78, 5) is 0. The van der Waals surface area contributed by atoms with Crippen LogP contribution in [-0.2, 0) is 0 Å². The highest BCUT2D eigenvalue weighted by Gasteiger charge is 2.09. The van der Waals surface area contributed by atoms with Crippen molar-refractivity contribution >= 4 is 48.2 Å². The standard InChI is InChI=1S/C46H38/c1-33-17-10-11-19-36(4)42(26-16-18-33)46-38(6)21-13-12-20-37(5)45(43-24-14-15-25-44(43)46)41-31-29-40(30-32-41)35(3)28-27-34(2)39-22-8-7-9-23-39/h7-32H,1-6H2/b17-10?,18-16?,19-11?,20-12?,21-13?,28-27-,42-26?,45-43?,46-44?. The third-order valence-electron chi connectivity index (χ3n) is 7.90. The Hall–Kier alpha value is -5.98. The fourth-order valence-corrected chi connectivity index (χ4v) is 5.45. The number of benzene rings is 3. The number of allylic oxidation sites excluding steroid dienone is 4. The van der Waals surface area contributed by atoms with Crippen LogP contribution in [0, 0.1) is 0 Å². The lowest BCUT2D eigenvalue weighted by Crippen LogP contribution is -2.09. The van der Waals surface area contributed by atoms with Crippen LogP contribution < -0.4 is 20.9 Å². The lowest BCUT2D eigenvalue weighted by atomic mass is 9.92. The van der Waals surface area contributed by atoms with Crippen LogP contribution >= 0.6 is 0 Å². The van der Waals surface area contributed by atoms with E-state index in [1.54, 1.807) is 0 Å². The molecule has 5 aromatic rings. The van der Waals surface area contributed by atoms with Gasteiger partial charge in [0.2, 0.25) is 0 Å². The quantitative estimate of drug-likeness (QED) is 0.173. The second-order valence-corrected chi connectivity index (χ2v) is 11.1. The molecule has 0 fully saturated rings. The fourth-order valence-electron chi connectivity index (χ4n) is 5.45. The second-order valence-electron chi connectivity index (χ2n) is 11.1. The summed E-state index contributed by atoms with van der Waals surface area (Å²) < 4.78 is 0. The van der Waals surface area contributed by atoms with Gasteiger partial charge < -0.3 is 0 Å². The Morgan fingerprint density at radius 3 is 1.48 bits per heavy atom. The highest BCUT2D eigenvalue weighted by molar-refractivity contribution is 6.03. The van der Waals surface area contributed by atoms with Gasteiger partial charge in [-0.25, -0.2) is 0 Å². The van der Waals surface area contributed by atoms with E-state index in [1.165, 1.54) is 0 Å². The van der Waals surface area contributed by atoms with E-state index in [-0.39, 0.29) is 0 Å². The minimum absolute atomic E-state index is 0.889. The molecule has 0 bridgehead atoms. The number of hydrogen-bond acceptors (Lipinski definition) is 0. The smallest absolute Gasteiger partial charge is 0.00328 e. The van der Waals surface area contributed by atoms with E-state index < -0.39 is 0 Å². The largest absolute Gasteiger partial charge is 0.0918 e. The third kappa shape index (κ3) is 7.38. The summed E-state index contributed by atoms with van der Waals surface area (Å²) in [6.45, 7) is 26.1. The normalized spacial score (nSPS) is 10.6. The molecule has 46 heavy (non-hydrogen) atoms. The number of fused-ring (bicyclic) bond motifs is 1. The zero-order valence-corrected chi connectivity index (χ0v) is 26.3. The molecule has 0 saturated heterocycles. The minimum atomic E-state index is 0.889. The van der Waals surface area contributed by atoms with Crippen LogP contribution in [0.4, 0.5) is 0 Å². The highest BCUT2D eigenvalue weighted by Crippen LogP contribution is 2.29. The Bertz CT molecular complexity index is 2290. The molecule has 0 N–H and O–H groups in total. The third-order valence-corrected chi connectivity index (χ3v) is 7.90. The summed E-state index contributed by atoms with van der Waals surface area (Å²) in [5, 5.41) is 5.73. The van der Waals surface area contributed by atoms with Crippen molar-refractivity contribution in [3.8, 4) is 22.3 Å². The van der Waals surface area contributed by atoms with Gasteiger partial charge in [0.05, 0.1) is 0 Å². The maximum Gasteiger partial charge on any atom is -0.00328 e. The molecule has 0 amide bonds. The molecule has 0 heteroatoms. The van der Waals surface area contributed by atoms with Crippen molar-refractivity contribution in [3.63, 3.8) is 0 Å². The first-order chi connectivity index (χ1) is 22.3. The van der Waals surface area contributed by atoms with Crippen molar-refractivity contribution in [1.29, 1.82) is 0 Å². The molecule has 0 aromatic heterocycles. The molecule has 0 heterocycles. The maximum atomic E-state index is 4.51. The monoisotopic (exact) mass is 590 g/mol. The highest BCUT2D eigenvalue weighted by atomic mass is 14.1. The van der Waals surface area contributed by atoms with Gasteiger partial charge in [0.1, 0.15) is 0 Å². The molecule has 5 aromatic carbocycles. The van der Waals surface area contributed by atoms with Gasteiger partial charge in [-0.2, -0.15) is 0 Å². The molecule has 0 aliphatic rings. The van der Waals surface area contributed by atoms with Crippen LogP contribution in [0.1, 0.15) is 11.1 Å². The van der Waals surface area contributed by atoms with Crippen LogP contribution in [0.25, 0.3) is 70.5 Å². The molecule has 0 saturated carbocycles. The average molecular weight is 591 g/mol. The van der Waals surface area contributed by atoms with Gasteiger partial charge in [-0.1, -0.05) is 197 Å². The van der Waals surface area contributed by atoms with Gasteiger partial charge in [-0.3, -0.25) is 0 Å². The molecule has 0 unspecified atom stereocenters. The predicted octanol–water partition coefficient (Wildman–Crippen LogP) is 9.35. The van der Waals surface area contributed by atoms with E-state index in [0.717, 1.165) is 76.2 Å². The van der Waals surface area contributed by atoms with E-state index in [0.29, 0.717) is 0 Å². The second kappa shape index (κ2) is 14.7. The summed E-state index contributed by atoms with van der Waals surface area (Å²) in [6, 6.07) is 49.4. The Balaban J connectivity index is 1.70. The number of hydrogen-bond donors (Lipinski definition) is 0. The van der Waals surface area contributed by atoms with Gasteiger partial charge >= 0.3 is 0 Å². The van der Waals surface area contributed by atoms with Crippen molar-refractivity contribution < 1.29 is 0 Å². The first-order valence-corrected chi connectivity index (χ1v) is 15.2. The summed E-state index contributed by atoms with van der Waals surface area (Å²) in [5.74, 6) is 0. The van der Waals surface area contributed by atoms with Gasteiger partial charge in [-0.15, -0.1) is 0 Å². The summed E-state index contributed by atoms with van der Waals surface area (Å²) >= 11 is 0. The van der Waals surface area contributed by atoms with E-state index in [2.05, 4.69) is 112 Å². The van der Waals surface area contributed by atoms with E-state index in [9.17, 15) is 0 Å². The first kappa shape index (κ1) is 31.4. The van der Waals surface area contributed by atoms with Crippen molar-refractivity contribution in [2.75, 3.05) is 0 Å². The predicted molar refractivity (Wildman–Crippen MR) is 204 cm³/mol. The van der Waals surface area contributed by atoms with Crippen LogP contribution in [0.3, 0.4) is 0 Å². The lowest BCUT2D eigenvalue weighted by molar-refractivity contribution is 1.56. The van der Waals surface area contributed by atoms with Gasteiger partial charge in [-0.05, 0) is 76.2 Å². The molecular weight excluding hydrogens is 553 g/mol. The van der Waals surface area contributed by atoms with Gasteiger partial charge in [0.25, 0.3) is 0 Å². The number of rotatable bonds is 6. The van der Waals surface area contributed by atoms with E-state index in [4.69, 9.17) is 0 Å². The topological polar surface area (TPSA) is 0 Å². The van der Waals surface area contributed by atoms with Crippen molar-refractivity contribution in [1.82, 2.24) is 0 Å². The van der Waals surface area contributed by atoms with Crippen LogP contribution in [0.15, 0.2) is 171 Å². The van der Waals surface area contributed by atoms with Crippen molar-refractivity contribution in [2.24, 2.45) is 0 Å². The molecule has 222 valence electrons. The molecule has 0 aliphatic heterocycles. The zero-order chi connectivity index (χ0) is 32.5. The SMILES string of the molecule is C=C(/C=C\C(=C)c1ccc(-c2c(=C)ccccc(=C)c(-c3cccc(=C)ccccc3=C)c3ccccc23)cc1)c1ccccc1. The average Bonchev–Trinajstić information content (AvgIpc) is 3.07. The van der Waals surface area contributed by atoms with Crippen molar-refractivity contribution in [2.45, 2.75) is 0 Å².